The molecule has 0 fully saturated rings. The van der Waals surface area contributed by atoms with Crippen LogP contribution in [0.15, 0.2) is 50.6 Å². The standard InChI is InChI=1S/C13H10N2O2S/c14-13-15-6-5-11(18-13)9-7-8-3-1-2-4-10(8)17-12(9)16/h1-5,7H,6H2,(H2,14,15). The molecule has 0 saturated heterocycles. The molecule has 90 valence electrons. The topological polar surface area (TPSA) is 68.6 Å². The molecule has 2 aromatic rings. The van der Waals surface area contributed by atoms with E-state index in [0.29, 0.717) is 22.9 Å². The van der Waals surface area contributed by atoms with Gasteiger partial charge < -0.3 is 10.2 Å². The van der Waals surface area contributed by atoms with Gasteiger partial charge in [-0.05, 0) is 18.2 Å². The maximum atomic E-state index is 11.9. The Bertz CT molecular complexity index is 731. The first-order chi connectivity index (χ1) is 8.74. The van der Waals surface area contributed by atoms with Crippen LogP contribution < -0.4 is 11.4 Å². The highest BCUT2D eigenvalue weighted by Gasteiger charge is 2.14. The molecule has 4 nitrogen and oxygen atoms in total. The van der Waals surface area contributed by atoms with E-state index in [2.05, 4.69) is 4.99 Å². The lowest BCUT2D eigenvalue weighted by Gasteiger charge is -2.10. The molecule has 0 amide bonds. The summed E-state index contributed by atoms with van der Waals surface area (Å²) in [5.74, 6) is 0. The zero-order chi connectivity index (χ0) is 12.5. The van der Waals surface area contributed by atoms with Crippen molar-refractivity contribution in [2.24, 2.45) is 10.7 Å². The van der Waals surface area contributed by atoms with Crippen LogP contribution in [-0.2, 0) is 0 Å². The van der Waals surface area contributed by atoms with Gasteiger partial charge in [-0.3, -0.25) is 4.99 Å². The molecule has 18 heavy (non-hydrogen) atoms. The van der Waals surface area contributed by atoms with Crippen molar-refractivity contribution >= 4 is 32.8 Å². The van der Waals surface area contributed by atoms with Gasteiger partial charge in [0, 0.05) is 10.3 Å². The fourth-order valence-electron chi connectivity index (χ4n) is 1.80. The van der Waals surface area contributed by atoms with Gasteiger partial charge in [0.15, 0.2) is 5.17 Å². The summed E-state index contributed by atoms with van der Waals surface area (Å²) < 4.78 is 5.29. The van der Waals surface area contributed by atoms with Crippen molar-refractivity contribution in [2.75, 3.05) is 6.54 Å². The van der Waals surface area contributed by atoms with Gasteiger partial charge >= 0.3 is 5.63 Å². The van der Waals surface area contributed by atoms with Crippen molar-refractivity contribution in [3.63, 3.8) is 0 Å². The summed E-state index contributed by atoms with van der Waals surface area (Å²) >= 11 is 1.29. The highest BCUT2D eigenvalue weighted by atomic mass is 32.2. The van der Waals surface area contributed by atoms with Crippen molar-refractivity contribution < 1.29 is 4.42 Å². The predicted molar refractivity (Wildman–Crippen MR) is 74.5 cm³/mol. The van der Waals surface area contributed by atoms with E-state index < -0.39 is 0 Å². The number of hydrogen-bond acceptors (Lipinski definition) is 5. The monoisotopic (exact) mass is 258 g/mol. The number of benzene rings is 1. The predicted octanol–water partition coefficient (Wildman–Crippen LogP) is 2.20. The van der Waals surface area contributed by atoms with E-state index in [-0.39, 0.29) is 5.63 Å². The van der Waals surface area contributed by atoms with Crippen LogP contribution in [-0.4, -0.2) is 11.7 Å². The first-order valence-corrected chi connectivity index (χ1v) is 6.27. The Hall–Kier alpha value is -2.01. The molecule has 2 heterocycles. The number of nitrogens with two attached hydrogens (primary N) is 1. The lowest BCUT2D eigenvalue weighted by Crippen LogP contribution is -2.13. The summed E-state index contributed by atoms with van der Waals surface area (Å²) in [5, 5.41) is 1.37. The van der Waals surface area contributed by atoms with Gasteiger partial charge in [-0.1, -0.05) is 30.0 Å². The van der Waals surface area contributed by atoms with Crippen LogP contribution in [0.1, 0.15) is 5.56 Å². The molecule has 3 rings (SSSR count). The van der Waals surface area contributed by atoms with Crippen LogP contribution in [0.3, 0.4) is 0 Å². The Morgan fingerprint density at radius 2 is 2.17 bits per heavy atom. The fraction of sp³-hybridized carbons (Fsp3) is 0.0769. The number of nitrogens with zero attached hydrogens (tertiary/aromatic N) is 1. The van der Waals surface area contributed by atoms with E-state index in [9.17, 15) is 4.79 Å². The number of aliphatic imine (C=N–C) groups is 1. The molecule has 1 aliphatic heterocycles. The molecule has 1 aromatic carbocycles. The second-order valence-electron chi connectivity index (χ2n) is 3.83. The molecular formula is C13H10N2O2S. The first-order valence-electron chi connectivity index (χ1n) is 5.45. The van der Waals surface area contributed by atoms with Gasteiger partial charge in [-0.25, -0.2) is 4.79 Å². The van der Waals surface area contributed by atoms with Gasteiger partial charge in [-0.2, -0.15) is 0 Å². The third kappa shape index (κ3) is 1.93. The molecule has 2 N–H and O–H groups in total. The zero-order valence-electron chi connectivity index (χ0n) is 9.42. The summed E-state index contributed by atoms with van der Waals surface area (Å²) in [6.07, 6.45) is 1.88. The lowest BCUT2D eigenvalue weighted by molar-refractivity contribution is 0.559. The lowest BCUT2D eigenvalue weighted by atomic mass is 10.2. The molecule has 0 saturated carbocycles. The van der Waals surface area contributed by atoms with Crippen molar-refractivity contribution in [3.8, 4) is 0 Å². The maximum Gasteiger partial charge on any atom is 0.344 e. The Kier molecular flexibility index (Phi) is 2.68. The Labute approximate surface area is 107 Å². The van der Waals surface area contributed by atoms with Crippen LogP contribution in [0.25, 0.3) is 15.9 Å². The Balaban J connectivity index is 2.15. The fourth-order valence-corrected chi connectivity index (χ4v) is 2.58. The summed E-state index contributed by atoms with van der Waals surface area (Å²) in [6.45, 7) is 0.500. The first kappa shape index (κ1) is 11.1. The Morgan fingerprint density at radius 3 is 3.00 bits per heavy atom. The number of hydrogen-bond donors (Lipinski definition) is 1. The quantitative estimate of drug-likeness (QED) is 0.796. The minimum absolute atomic E-state index is 0.345. The van der Waals surface area contributed by atoms with Crippen molar-refractivity contribution in [1.29, 1.82) is 0 Å². The second-order valence-corrected chi connectivity index (χ2v) is 4.90. The van der Waals surface area contributed by atoms with Gasteiger partial charge in [0.1, 0.15) is 5.58 Å². The minimum atomic E-state index is -0.345. The number of rotatable bonds is 1. The minimum Gasteiger partial charge on any atom is -0.422 e. The van der Waals surface area contributed by atoms with E-state index in [1.165, 1.54) is 11.8 Å². The van der Waals surface area contributed by atoms with Crippen LogP contribution in [0.2, 0.25) is 0 Å². The van der Waals surface area contributed by atoms with Gasteiger partial charge in [0.2, 0.25) is 0 Å². The average molecular weight is 258 g/mol. The molecule has 0 unspecified atom stereocenters. The molecule has 1 aliphatic rings. The van der Waals surface area contributed by atoms with Crippen molar-refractivity contribution in [1.82, 2.24) is 0 Å². The molecule has 5 heteroatoms. The largest absolute Gasteiger partial charge is 0.422 e. The molecule has 0 aliphatic carbocycles. The summed E-state index contributed by atoms with van der Waals surface area (Å²) in [4.78, 5) is 16.8. The van der Waals surface area contributed by atoms with E-state index in [1.807, 2.05) is 30.3 Å². The van der Waals surface area contributed by atoms with Crippen LogP contribution in [0, 0.1) is 0 Å². The van der Waals surface area contributed by atoms with E-state index >= 15 is 0 Å². The molecule has 0 atom stereocenters. The van der Waals surface area contributed by atoms with Gasteiger partial charge in [0.05, 0.1) is 12.1 Å². The smallest absolute Gasteiger partial charge is 0.344 e. The van der Waals surface area contributed by atoms with E-state index in [0.717, 1.165) is 10.3 Å². The van der Waals surface area contributed by atoms with Gasteiger partial charge in [-0.15, -0.1) is 0 Å². The van der Waals surface area contributed by atoms with Crippen LogP contribution in [0.4, 0.5) is 0 Å². The van der Waals surface area contributed by atoms with Crippen molar-refractivity contribution in [2.45, 2.75) is 0 Å². The third-order valence-electron chi connectivity index (χ3n) is 2.65. The van der Waals surface area contributed by atoms with Crippen molar-refractivity contribution in [3.05, 3.63) is 52.4 Å². The third-order valence-corrected chi connectivity index (χ3v) is 3.59. The molecule has 0 bridgehead atoms. The highest BCUT2D eigenvalue weighted by Crippen LogP contribution is 2.29. The summed E-state index contributed by atoms with van der Waals surface area (Å²) in [6, 6.07) is 9.26. The van der Waals surface area contributed by atoms with E-state index in [4.69, 9.17) is 10.2 Å². The molecule has 1 aromatic heterocycles. The zero-order valence-corrected chi connectivity index (χ0v) is 10.2. The SMILES string of the molecule is NC1=NCC=C(c2cc3ccccc3oc2=O)S1. The highest BCUT2D eigenvalue weighted by molar-refractivity contribution is 8.21. The number of fused-ring (bicyclic) bond motifs is 1. The summed E-state index contributed by atoms with van der Waals surface area (Å²) in [7, 11) is 0. The van der Waals surface area contributed by atoms with E-state index in [1.54, 1.807) is 6.07 Å². The molecule has 0 spiro atoms. The number of amidine groups is 1. The van der Waals surface area contributed by atoms with Gasteiger partial charge in [0.25, 0.3) is 0 Å². The normalized spacial score (nSPS) is 15.3. The molecular weight excluding hydrogens is 248 g/mol. The number of para-hydroxylation sites is 1. The Morgan fingerprint density at radius 1 is 1.33 bits per heavy atom. The maximum absolute atomic E-state index is 11.9. The summed E-state index contributed by atoms with van der Waals surface area (Å²) in [5.41, 5.74) is 6.45. The average Bonchev–Trinajstić information content (AvgIpc) is 2.38. The second kappa shape index (κ2) is 4.34. The van der Waals surface area contributed by atoms with Crippen LogP contribution in [0.5, 0.6) is 0 Å². The number of thioether (sulfide) groups is 1. The van der Waals surface area contributed by atoms with Crippen LogP contribution >= 0.6 is 11.8 Å². The molecule has 0 radical (unpaired) electrons.